The van der Waals surface area contributed by atoms with E-state index in [-0.39, 0.29) is 5.91 Å². The summed E-state index contributed by atoms with van der Waals surface area (Å²) in [6, 6.07) is 19.9. The van der Waals surface area contributed by atoms with Gasteiger partial charge < -0.3 is 9.88 Å². The number of hydrogen-bond donors (Lipinski definition) is 1. The van der Waals surface area contributed by atoms with Gasteiger partial charge in [-0.15, -0.1) is 0 Å². The number of hydrogen-bond acceptors (Lipinski definition) is 2. The summed E-state index contributed by atoms with van der Waals surface area (Å²) in [7, 11) is 0. The fourth-order valence-corrected chi connectivity index (χ4v) is 3.49. The second-order valence-electron chi connectivity index (χ2n) is 6.96. The standard InChI is InChI=1S/C22H22N4O/c1-15(2)26-16(3)13-17-9-10-18(14-20(17)26)22(27)23-21-11-12-25(24-21)19-7-5-4-6-8-19/h4-15H,1-3H3,(H,23,24,27). The van der Waals surface area contributed by atoms with Gasteiger partial charge in [-0.2, -0.15) is 5.10 Å². The Balaban J connectivity index is 1.60. The normalized spacial score (nSPS) is 11.3. The number of aryl methyl sites for hydroxylation is 1. The van der Waals surface area contributed by atoms with E-state index < -0.39 is 0 Å². The van der Waals surface area contributed by atoms with Crippen LogP contribution in [0.1, 0.15) is 35.9 Å². The van der Waals surface area contributed by atoms with E-state index in [1.165, 1.54) is 5.69 Å². The number of para-hydroxylation sites is 1. The van der Waals surface area contributed by atoms with Crippen molar-refractivity contribution in [1.82, 2.24) is 14.3 Å². The Hall–Kier alpha value is -3.34. The van der Waals surface area contributed by atoms with E-state index in [2.05, 4.69) is 41.8 Å². The van der Waals surface area contributed by atoms with Crippen LogP contribution in [0.4, 0.5) is 5.82 Å². The van der Waals surface area contributed by atoms with Crippen LogP contribution in [0.3, 0.4) is 0 Å². The predicted molar refractivity (Wildman–Crippen MR) is 109 cm³/mol. The molecule has 0 saturated heterocycles. The Labute approximate surface area is 158 Å². The molecule has 0 radical (unpaired) electrons. The van der Waals surface area contributed by atoms with E-state index in [9.17, 15) is 4.79 Å². The molecule has 27 heavy (non-hydrogen) atoms. The van der Waals surface area contributed by atoms with Crippen LogP contribution in [-0.4, -0.2) is 20.3 Å². The maximum atomic E-state index is 12.7. The van der Waals surface area contributed by atoms with Crippen molar-refractivity contribution < 1.29 is 4.79 Å². The van der Waals surface area contributed by atoms with Gasteiger partial charge in [-0.25, -0.2) is 4.68 Å². The number of anilines is 1. The van der Waals surface area contributed by atoms with Crippen molar-refractivity contribution >= 4 is 22.6 Å². The minimum absolute atomic E-state index is 0.163. The lowest BCUT2D eigenvalue weighted by molar-refractivity contribution is 0.102. The summed E-state index contributed by atoms with van der Waals surface area (Å²) in [5, 5.41) is 8.47. The third-order valence-corrected chi connectivity index (χ3v) is 4.66. The molecular weight excluding hydrogens is 336 g/mol. The average Bonchev–Trinajstić information content (AvgIpc) is 3.25. The van der Waals surface area contributed by atoms with Gasteiger partial charge in [-0.05, 0) is 56.5 Å². The molecule has 4 rings (SSSR count). The number of carbonyl (C=O) groups excluding carboxylic acids is 1. The first kappa shape index (κ1) is 17.1. The molecule has 2 heterocycles. The van der Waals surface area contributed by atoms with Gasteiger partial charge >= 0.3 is 0 Å². The molecule has 0 aliphatic heterocycles. The summed E-state index contributed by atoms with van der Waals surface area (Å²) in [5.74, 6) is 0.365. The lowest BCUT2D eigenvalue weighted by Crippen LogP contribution is -2.13. The zero-order chi connectivity index (χ0) is 19.0. The zero-order valence-electron chi connectivity index (χ0n) is 15.7. The van der Waals surface area contributed by atoms with Crippen molar-refractivity contribution in [2.24, 2.45) is 0 Å². The number of rotatable bonds is 4. The second kappa shape index (κ2) is 6.76. The summed E-state index contributed by atoms with van der Waals surface area (Å²) in [6.07, 6.45) is 1.83. The van der Waals surface area contributed by atoms with Crippen LogP contribution in [0.25, 0.3) is 16.6 Å². The molecule has 0 bridgehead atoms. The summed E-state index contributed by atoms with van der Waals surface area (Å²) in [6.45, 7) is 6.39. The molecule has 5 nitrogen and oxygen atoms in total. The first-order valence-corrected chi connectivity index (χ1v) is 9.07. The van der Waals surface area contributed by atoms with Gasteiger partial charge in [0.15, 0.2) is 5.82 Å². The molecule has 136 valence electrons. The number of amides is 1. The minimum atomic E-state index is -0.163. The molecule has 0 unspecified atom stereocenters. The molecule has 1 N–H and O–H groups in total. The zero-order valence-corrected chi connectivity index (χ0v) is 15.7. The summed E-state index contributed by atoms with van der Waals surface area (Å²) >= 11 is 0. The number of aromatic nitrogens is 3. The minimum Gasteiger partial charge on any atom is -0.342 e. The van der Waals surface area contributed by atoms with Crippen molar-refractivity contribution in [3.05, 3.63) is 78.1 Å². The summed E-state index contributed by atoms with van der Waals surface area (Å²) in [4.78, 5) is 12.7. The number of fused-ring (bicyclic) bond motifs is 1. The van der Waals surface area contributed by atoms with Gasteiger partial charge in [-0.3, -0.25) is 4.79 Å². The third-order valence-electron chi connectivity index (χ3n) is 4.66. The molecule has 2 aromatic carbocycles. The SMILES string of the molecule is Cc1cc2ccc(C(=O)Nc3ccn(-c4ccccc4)n3)cc2n1C(C)C. The number of carbonyl (C=O) groups is 1. The molecule has 1 amide bonds. The van der Waals surface area contributed by atoms with E-state index in [0.717, 1.165) is 16.6 Å². The van der Waals surface area contributed by atoms with Crippen molar-refractivity contribution in [1.29, 1.82) is 0 Å². The highest BCUT2D eigenvalue weighted by Gasteiger charge is 2.13. The molecule has 0 saturated carbocycles. The van der Waals surface area contributed by atoms with Crippen LogP contribution >= 0.6 is 0 Å². The van der Waals surface area contributed by atoms with Gasteiger partial charge in [0, 0.05) is 35.1 Å². The third kappa shape index (κ3) is 3.24. The Morgan fingerprint density at radius 3 is 2.56 bits per heavy atom. The van der Waals surface area contributed by atoms with E-state index in [0.29, 0.717) is 17.4 Å². The largest absolute Gasteiger partial charge is 0.342 e. The van der Waals surface area contributed by atoms with Gasteiger partial charge in [0.05, 0.1) is 5.69 Å². The monoisotopic (exact) mass is 358 g/mol. The van der Waals surface area contributed by atoms with Crippen molar-refractivity contribution in [3.63, 3.8) is 0 Å². The Morgan fingerprint density at radius 2 is 1.81 bits per heavy atom. The molecule has 0 aliphatic rings. The van der Waals surface area contributed by atoms with Gasteiger partial charge in [-0.1, -0.05) is 24.3 Å². The molecule has 0 fully saturated rings. The molecule has 0 spiro atoms. The van der Waals surface area contributed by atoms with Gasteiger partial charge in [0.2, 0.25) is 0 Å². The van der Waals surface area contributed by atoms with Crippen LogP contribution in [0.2, 0.25) is 0 Å². The smallest absolute Gasteiger partial charge is 0.256 e. The van der Waals surface area contributed by atoms with Gasteiger partial charge in [0.25, 0.3) is 5.91 Å². The fraction of sp³-hybridized carbons (Fsp3) is 0.182. The lowest BCUT2D eigenvalue weighted by Gasteiger charge is -2.13. The fourth-order valence-electron chi connectivity index (χ4n) is 3.49. The van der Waals surface area contributed by atoms with E-state index >= 15 is 0 Å². The highest BCUT2D eigenvalue weighted by Crippen LogP contribution is 2.25. The van der Waals surface area contributed by atoms with Gasteiger partial charge in [0.1, 0.15) is 0 Å². The molecule has 2 aromatic heterocycles. The van der Waals surface area contributed by atoms with E-state index in [1.54, 1.807) is 10.7 Å². The van der Waals surface area contributed by atoms with Crippen LogP contribution < -0.4 is 5.32 Å². The Kier molecular flexibility index (Phi) is 4.28. The maximum Gasteiger partial charge on any atom is 0.256 e. The maximum absolute atomic E-state index is 12.7. The van der Waals surface area contributed by atoms with Crippen molar-refractivity contribution in [3.8, 4) is 5.69 Å². The second-order valence-corrected chi connectivity index (χ2v) is 6.96. The molecule has 0 aliphatic carbocycles. The highest BCUT2D eigenvalue weighted by atomic mass is 16.1. The number of benzene rings is 2. The molecular formula is C22H22N4O. The quantitative estimate of drug-likeness (QED) is 0.560. The summed E-state index contributed by atoms with van der Waals surface area (Å²) < 4.78 is 3.99. The molecule has 0 atom stereocenters. The van der Waals surface area contributed by atoms with Crippen LogP contribution in [0, 0.1) is 6.92 Å². The lowest BCUT2D eigenvalue weighted by atomic mass is 10.1. The van der Waals surface area contributed by atoms with E-state index in [4.69, 9.17) is 0 Å². The van der Waals surface area contributed by atoms with Crippen molar-refractivity contribution in [2.75, 3.05) is 5.32 Å². The Bertz CT molecular complexity index is 1110. The van der Waals surface area contributed by atoms with Crippen molar-refractivity contribution in [2.45, 2.75) is 26.8 Å². The summed E-state index contributed by atoms with van der Waals surface area (Å²) in [5.41, 5.74) is 3.84. The first-order chi connectivity index (χ1) is 13.0. The highest BCUT2D eigenvalue weighted by molar-refractivity contribution is 6.05. The molecule has 4 aromatic rings. The first-order valence-electron chi connectivity index (χ1n) is 9.07. The number of nitrogens with one attached hydrogen (secondary N) is 1. The number of nitrogens with zero attached hydrogens (tertiary/aromatic N) is 3. The van der Waals surface area contributed by atoms with E-state index in [1.807, 2.05) is 54.7 Å². The topological polar surface area (TPSA) is 51.9 Å². The Morgan fingerprint density at radius 1 is 1.04 bits per heavy atom. The average molecular weight is 358 g/mol. The van der Waals surface area contributed by atoms with Crippen LogP contribution in [0.15, 0.2) is 66.9 Å². The van der Waals surface area contributed by atoms with Crippen LogP contribution in [-0.2, 0) is 0 Å². The van der Waals surface area contributed by atoms with Crippen LogP contribution in [0.5, 0.6) is 0 Å². The molecule has 5 heteroatoms. The predicted octanol–water partition coefficient (Wildman–Crippen LogP) is 4.97.